The molecule has 1 amide bonds. The van der Waals surface area contributed by atoms with Crippen molar-refractivity contribution in [2.75, 3.05) is 22.9 Å². The fourth-order valence-corrected chi connectivity index (χ4v) is 2.85. The summed E-state index contributed by atoms with van der Waals surface area (Å²) in [6.45, 7) is 3.72. The van der Waals surface area contributed by atoms with Gasteiger partial charge in [-0.3, -0.25) is 9.52 Å². The Morgan fingerprint density at radius 1 is 1.12 bits per heavy atom. The summed E-state index contributed by atoms with van der Waals surface area (Å²) in [4.78, 5) is 11.9. The van der Waals surface area contributed by atoms with E-state index in [2.05, 4.69) is 17.0 Å². The van der Waals surface area contributed by atoms with Crippen LogP contribution in [0.4, 0.5) is 11.4 Å². The third kappa shape index (κ3) is 7.21. The highest BCUT2D eigenvalue weighted by atomic mass is 32.2. The van der Waals surface area contributed by atoms with Crippen molar-refractivity contribution in [3.8, 4) is 5.75 Å². The Morgan fingerprint density at radius 3 is 2.46 bits per heavy atom. The van der Waals surface area contributed by atoms with E-state index in [0.717, 1.165) is 19.3 Å². The molecule has 2 N–H and O–H groups in total. The lowest BCUT2D eigenvalue weighted by molar-refractivity contribution is -0.116. The van der Waals surface area contributed by atoms with E-state index in [1.807, 2.05) is 0 Å². The summed E-state index contributed by atoms with van der Waals surface area (Å²) in [5.41, 5.74) is 0.946. The van der Waals surface area contributed by atoms with Crippen LogP contribution < -0.4 is 14.8 Å². The maximum atomic E-state index is 11.9. The second-order valence-corrected chi connectivity index (χ2v) is 7.64. The molecule has 0 saturated carbocycles. The Morgan fingerprint density at radius 2 is 1.83 bits per heavy atom. The van der Waals surface area contributed by atoms with Crippen LogP contribution >= 0.6 is 0 Å². The first-order chi connectivity index (χ1) is 11.4. The first kappa shape index (κ1) is 20.3. The lowest BCUT2D eigenvalue weighted by Gasteiger charge is -2.13. The van der Waals surface area contributed by atoms with Crippen LogP contribution in [0.15, 0.2) is 18.2 Å². The van der Waals surface area contributed by atoms with E-state index in [9.17, 15) is 13.2 Å². The number of amides is 1. The summed E-state index contributed by atoms with van der Waals surface area (Å²) in [5, 5.41) is 2.82. The van der Waals surface area contributed by atoms with Crippen molar-refractivity contribution < 1.29 is 17.9 Å². The van der Waals surface area contributed by atoms with Gasteiger partial charge in [0.1, 0.15) is 5.75 Å². The molecule has 1 rings (SSSR count). The van der Waals surface area contributed by atoms with Crippen LogP contribution in [0.2, 0.25) is 0 Å². The molecule has 6 nitrogen and oxygen atoms in total. The number of methoxy groups -OCH3 is 1. The number of anilines is 2. The molecule has 0 heterocycles. The monoisotopic (exact) mass is 356 g/mol. The van der Waals surface area contributed by atoms with Crippen LogP contribution in [0.25, 0.3) is 0 Å². The summed E-state index contributed by atoms with van der Waals surface area (Å²) in [6, 6.07) is 4.86. The van der Waals surface area contributed by atoms with Gasteiger partial charge in [0.25, 0.3) is 0 Å². The maximum absolute atomic E-state index is 11.9. The van der Waals surface area contributed by atoms with Gasteiger partial charge in [-0.1, -0.05) is 32.6 Å². The van der Waals surface area contributed by atoms with Crippen molar-refractivity contribution in [2.24, 2.45) is 0 Å². The van der Waals surface area contributed by atoms with Crippen LogP contribution in [-0.4, -0.2) is 27.2 Å². The van der Waals surface area contributed by atoms with Gasteiger partial charge < -0.3 is 10.1 Å². The molecular formula is C17H28N2O4S. The normalized spacial score (nSPS) is 11.1. The molecule has 0 radical (unpaired) electrons. The van der Waals surface area contributed by atoms with Gasteiger partial charge in [0.2, 0.25) is 15.9 Å². The highest BCUT2D eigenvalue weighted by molar-refractivity contribution is 7.92. The zero-order chi connectivity index (χ0) is 18.0. The molecule has 0 aliphatic heterocycles. The van der Waals surface area contributed by atoms with Gasteiger partial charge >= 0.3 is 0 Å². The van der Waals surface area contributed by atoms with E-state index in [4.69, 9.17) is 4.74 Å². The third-order valence-corrected chi connectivity index (χ3v) is 4.93. The largest absolute Gasteiger partial charge is 0.494 e. The lowest BCUT2D eigenvalue weighted by atomic mass is 10.1. The first-order valence-corrected chi connectivity index (χ1v) is 10.1. The predicted molar refractivity (Wildman–Crippen MR) is 98.1 cm³/mol. The number of nitrogens with one attached hydrogen (secondary N) is 2. The number of sulfonamides is 1. The summed E-state index contributed by atoms with van der Waals surface area (Å²) >= 11 is 0. The third-order valence-electron chi connectivity index (χ3n) is 3.64. The molecule has 0 atom stereocenters. The Hall–Kier alpha value is -1.76. The molecule has 0 aliphatic carbocycles. The van der Waals surface area contributed by atoms with E-state index in [1.54, 1.807) is 25.1 Å². The molecule has 0 aromatic heterocycles. The summed E-state index contributed by atoms with van der Waals surface area (Å²) < 4.78 is 31.0. The van der Waals surface area contributed by atoms with E-state index < -0.39 is 10.0 Å². The van der Waals surface area contributed by atoms with Crippen LogP contribution in [0.5, 0.6) is 5.75 Å². The molecule has 0 fully saturated rings. The average Bonchev–Trinajstić information content (AvgIpc) is 2.55. The predicted octanol–water partition coefficient (Wildman–Crippen LogP) is 3.76. The summed E-state index contributed by atoms with van der Waals surface area (Å²) in [7, 11) is -1.92. The minimum absolute atomic E-state index is 0.0212. The molecule has 0 saturated heterocycles. The average molecular weight is 356 g/mol. The zero-order valence-corrected chi connectivity index (χ0v) is 15.5. The van der Waals surface area contributed by atoms with Gasteiger partial charge in [-0.2, -0.15) is 0 Å². The van der Waals surface area contributed by atoms with Crippen LogP contribution in [0.3, 0.4) is 0 Å². The van der Waals surface area contributed by atoms with Crippen molar-refractivity contribution in [3.05, 3.63) is 18.2 Å². The van der Waals surface area contributed by atoms with E-state index in [-0.39, 0.29) is 11.7 Å². The molecule has 136 valence electrons. The Bertz CT molecular complexity index is 629. The van der Waals surface area contributed by atoms with Gasteiger partial charge in [-0.05, 0) is 25.5 Å². The van der Waals surface area contributed by atoms with Gasteiger partial charge in [-0.15, -0.1) is 0 Å². The van der Waals surface area contributed by atoms with Gasteiger partial charge in [-0.25, -0.2) is 8.42 Å². The number of benzene rings is 1. The second-order valence-electron chi connectivity index (χ2n) is 5.63. The van der Waals surface area contributed by atoms with Gasteiger partial charge in [0.05, 0.1) is 18.6 Å². The molecule has 7 heteroatoms. The van der Waals surface area contributed by atoms with Crippen molar-refractivity contribution >= 4 is 27.3 Å². The number of unbranched alkanes of at least 4 members (excludes halogenated alkanes) is 4. The first-order valence-electron chi connectivity index (χ1n) is 8.40. The number of hydrogen-bond donors (Lipinski definition) is 2. The van der Waals surface area contributed by atoms with E-state index in [1.165, 1.54) is 20.0 Å². The van der Waals surface area contributed by atoms with Crippen molar-refractivity contribution in [1.82, 2.24) is 0 Å². The minimum atomic E-state index is -3.38. The fourth-order valence-electron chi connectivity index (χ4n) is 2.21. The molecule has 0 spiro atoms. The van der Waals surface area contributed by atoms with Gasteiger partial charge in [0, 0.05) is 18.2 Å². The van der Waals surface area contributed by atoms with E-state index in [0.29, 0.717) is 23.5 Å². The van der Waals surface area contributed by atoms with Crippen LogP contribution in [0.1, 0.15) is 52.4 Å². The Labute approximate surface area is 145 Å². The summed E-state index contributed by atoms with van der Waals surface area (Å²) in [5.74, 6) is 0.301. The van der Waals surface area contributed by atoms with Crippen LogP contribution in [-0.2, 0) is 14.8 Å². The zero-order valence-electron chi connectivity index (χ0n) is 14.7. The lowest BCUT2D eigenvalue weighted by Crippen LogP contribution is -2.15. The summed E-state index contributed by atoms with van der Waals surface area (Å²) in [6.07, 6.45) is 5.95. The van der Waals surface area contributed by atoms with Crippen molar-refractivity contribution in [3.63, 3.8) is 0 Å². The number of carbonyl (C=O) groups is 1. The second kappa shape index (κ2) is 10.2. The SMILES string of the molecule is CCCCCCCC(=O)Nc1ccc(NS(=O)(=O)CC)c(OC)c1. The highest BCUT2D eigenvalue weighted by Gasteiger charge is 2.12. The molecule has 1 aromatic rings. The molecular weight excluding hydrogens is 328 g/mol. The molecule has 24 heavy (non-hydrogen) atoms. The molecule has 0 unspecified atom stereocenters. The quantitative estimate of drug-likeness (QED) is 0.591. The minimum Gasteiger partial charge on any atom is -0.494 e. The number of hydrogen-bond acceptors (Lipinski definition) is 4. The van der Waals surface area contributed by atoms with Crippen molar-refractivity contribution in [2.45, 2.75) is 52.4 Å². The molecule has 0 aliphatic rings. The smallest absolute Gasteiger partial charge is 0.232 e. The highest BCUT2D eigenvalue weighted by Crippen LogP contribution is 2.29. The Kier molecular flexibility index (Phi) is 8.60. The van der Waals surface area contributed by atoms with Crippen LogP contribution in [0, 0.1) is 0 Å². The molecule has 1 aromatic carbocycles. The fraction of sp³-hybridized carbons (Fsp3) is 0.588. The Balaban J connectivity index is 2.62. The number of rotatable bonds is 11. The topological polar surface area (TPSA) is 84.5 Å². The van der Waals surface area contributed by atoms with E-state index >= 15 is 0 Å². The number of carbonyl (C=O) groups excluding carboxylic acids is 1. The van der Waals surface area contributed by atoms with Gasteiger partial charge in [0.15, 0.2) is 0 Å². The molecule has 0 bridgehead atoms. The maximum Gasteiger partial charge on any atom is 0.232 e. The number of ether oxygens (including phenoxy) is 1. The van der Waals surface area contributed by atoms with Crippen molar-refractivity contribution in [1.29, 1.82) is 0 Å². The standard InChI is InChI=1S/C17H28N2O4S/c1-4-6-7-8-9-10-17(20)18-14-11-12-15(16(13-14)23-3)19-24(21,22)5-2/h11-13,19H,4-10H2,1-3H3,(H,18,20).